The molecule has 0 saturated heterocycles. The van der Waals surface area contributed by atoms with Crippen LogP contribution in [-0.4, -0.2) is 10.2 Å². The van der Waals surface area contributed by atoms with Crippen LogP contribution in [0, 0.1) is 63.2 Å². The molecule has 2 aromatic rings. The summed E-state index contributed by atoms with van der Waals surface area (Å²) in [5, 5.41) is 20.7. The molecule has 2 aliphatic rings. The number of benzene rings is 2. The van der Waals surface area contributed by atoms with E-state index in [9.17, 15) is 10.2 Å². The first kappa shape index (κ1) is 24.2. The predicted octanol–water partition coefficient (Wildman–Crippen LogP) is 4.60. The second-order valence-electron chi connectivity index (χ2n) is 7.22. The largest absolute Gasteiger partial charge is 2.00 e. The van der Waals surface area contributed by atoms with Crippen molar-refractivity contribution in [1.82, 2.24) is 0 Å². The van der Waals surface area contributed by atoms with Crippen LogP contribution in [0.1, 0.15) is 25.0 Å². The van der Waals surface area contributed by atoms with Gasteiger partial charge in [0.25, 0.3) is 0 Å². The minimum absolute atomic E-state index is 0. The van der Waals surface area contributed by atoms with Crippen molar-refractivity contribution in [3.05, 3.63) is 135 Å². The molecule has 0 aromatic heterocycles. The van der Waals surface area contributed by atoms with Crippen LogP contribution in [0.5, 0.6) is 0 Å². The monoisotopic (exact) mass is 426 g/mol. The second-order valence-corrected chi connectivity index (χ2v) is 7.22. The number of rotatable bonds is 4. The van der Waals surface area contributed by atoms with Crippen molar-refractivity contribution >= 4 is 0 Å². The van der Waals surface area contributed by atoms with Gasteiger partial charge in [-0.2, -0.15) is 0 Å². The quantitative estimate of drug-likeness (QED) is 0.702. The van der Waals surface area contributed by atoms with Crippen LogP contribution >= 0.6 is 0 Å². The van der Waals surface area contributed by atoms with Gasteiger partial charge in [-0.15, -0.1) is 0 Å². The van der Waals surface area contributed by atoms with Crippen LogP contribution < -0.4 is 0 Å². The zero-order chi connectivity index (χ0) is 20.0. The van der Waals surface area contributed by atoms with E-state index in [0.717, 1.165) is 23.0 Å². The van der Waals surface area contributed by atoms with E-state index in [0.29, 0.717) is 0 Å². The van der Waals surface area contributed by atoms with Gasteiger partial charge in [-0.1, -0.05) is 60.7 Å². The SMILES string of the molecule is CC(O)([C]1[CH][CH][CH][CH]1)c1ccccc1.CC(O)([C]1[CH][CH][CH][CH]1)c1ccccc1.[Fe+2]. The van der Waals surface area contributed by atoms with Gasteiger partial charge in [-0.3, -0.25) is 0 Å². The Kier molecular flexibility index (Phi) is 8.97. The van der Waals surface area contributed by atoms with Crippen LogP contribution in [0.25, 0.3) is 0 Å². The summed E-state index contributed by atoms with van der Waals surface area (Å²) >= 11 is 0. The summed E-state index contributed by atoms with van der Waals surface area (Å²) in [5.41, 5.74) is 0.0765. The maximum absolute atomic E-state index is 10.3. The van der Waals surface area contributed by atoms with E-state index >= 15 is 0 Å². The maximum atomic E-state index is 10.3. The van der Waals surface area contributed by atoms with Gasteiger partial charge in [0, 0.05) is 11.8 Å². The van der Waals surface area contributed by atoms with Crippen molar-refractivity contribution in [2.24, 2.45) is 0 Å². The summed E-state index contributed by atoms with van der Waals surface area (Å²) < 4.78 is 0. The van der Waals surface area contributed by atoms with Crippen molar-refractivity contribution in [1.29, 1.82) is 0 Å². The molecule has 2 saturated carbocycles. The van der Waals surface area contributed by atoms with E-state index in [4.69, 9.17) is 0 Å². The molecule has 0 aliphatic heterocycles. The first-order valence-corrected chi connectivity index (χ1v) is 9.42. The summed E-state index contributed by atoms with van der Waals surface area (Å²) in [6.45, 7) is 3.63. The molecule has 2 aliphatic carbocycles. The molecule has 0 amide bonds. The zero-order valence-electron chi connectivity index (χ0n) is 16.6. The van der Waals surface area contributed by atoms with Gasteiger partial charge in [0.15, 0.2) is 0 Å². The molecule has 2 atom stereocenters. The van der Waals surface area contributed by atoms with Gasteiger partial charge in [0.2, 0.25) is 0 Å². The molecule has 0 heterocycles. The van der Waals surface area contributed by atoms with Gasteiger partial charge in [0.05, 0.1) is 11.2 Å². The summed E-state index contributed by atoms with van der Waals surface area (Å²) in [6.07, 6.45) is 15.5. The standard InChI is InChI=1S/2C13H13O.Fe/c2*1-13(14,12-9-5-6-10-12)11-7-3-2-4-8-11;/h2*2-10,14H,1H3;/q;;+2. The summed E-state index contributed by atoms with van der Waals surface area (Å²) in [4.78, 5) is 0. The normalized spacial score (nSPS) is 21.4. The zero-order valence-corrected chi connectivity index (χ0v) is 17.7. The molecule has 2 fully saturated rings. The molecule has 29 heavy (non-hydrogen) atoms. The Morgan fingerprint density at radius 1 is 0.517 bits per heavy atom. The molecule has 2 unspecified atom stereocenters. The van der Waals surface area contributed by atoms with Crippen LogP contribution in [0.15, 0.2) is 60.7 Å². The number of aliphatic hydroxyl groups is 2. The van der Waals surface area contributed by atoms with Gasteiger partial charge in [0.1, 0.15) is 0 Å². The molecular weight excluding hydrogens is 400 g/mol. The van der Waals surface area contributed by atoms with E-state index in [1.807, 2.05) is 126 Å². The van der Waals surface area contributed by atoms with Crippen molar-refractivity contribution < 1.29 is 27.3 Å². The number of hydrogen-bond donors (Lipinski definition) is 2. The fourth-order valence-electron chi connectivity index (χ4n) is 3.26. The molecule has 2 nitrogen and oxygen atoms in total. The van der Waals surface area contributed by atoms with E-state index in [-0.39, 0.29) is 17.1 Å². The minimum atomic E-state index is -0.884. The third kappa shape index (κ3) is 5.95. The van der Waals surface area contributed by atoms with E-state index < -0.39 is 11.2 Å². The van der Waals surface area contributed by atoms with Crippen molar-refractivity contribution in [3.8, 4) is 0 Å². The molecule has 10 radical (unpaired) electrons. The third-order valence-electron chi connectivity index (χ3n) is 5.12. The number of hydrogen-bond acceptors (Lipinski definition) is 2. The Balaban J connectivity index is 0.000000200. The third-order valence-corrected chi connectivity index (χ3v) is 5.12. The van der Waals surface area contributed by atoms with Crippen molar-refractivity contribution in [2.45, 2.75) is 25.0 Å². The predicted molar refractivity (Wildman–Crippen MR) is 113 cm³/mol. The van der Waals surface area contributed by atoms with Crippen LogP contribution in [0.4, 0.5) is 0 Å². The van der Waals surface area contributed by atoms with E-state index in [2.05, 4.69) is 0 Å². The first-order chi connectivity index (χ1) is 13.4. The van der Waals surface area contributed by atoms with Crippen LogP contribution in [-0.2, 0) is 28.3 Å². The van der Waals surface area contributed by atoms with Crippen molar-refractivity contribution in [3.63, 3.8) is 0 Å². The Hall–Kier alpha value is -1.12. The van der Waals surface area contributed by atoms with E-state index in [1.54, 1.807) is 0 Å². The summed E-state index contributed by atoms with van der Waals surface area (Å²) in [6, 6.07) is 19.4. The van der Waals surface area contributed by atoms with Crippen molar-refractivity contribution in [2.75, 3.05) is 0 Å². The van der Waals surface area contributed by atoms with Gasteiger partial charge in [-0.05, 0) is 76.3 Å². The van der Waals surface area contributed by atoms with Crippen LogP contribution in [0.3, 0.4) is 0 Å². The summed E-state index contributed by atoms with van der Waals surface area (Å²) in [5.74, 6) is 1.87. The first-order valence-electron chi connectivity index (χ1n) is 9.42. The maximum Gasteiger partial charge on any atom is 2.00 e. The molecule has 3 heteroatoms. The molecule has 0 bridgehead atoms. The summed E-state index contributed by atoms with van der Waals surface area (Å²) in [7, 11) is 0. The van der Waals surface area contributed by atoms with Gasteiger partial charge >= 0.3 is 17.1 Å². The fourth-order valence-corrected chi connectivity index (χ4v) is 3.26. The fraction of sp³-hybridized carbons (Fsp3) is 0.154. The van der Waals surface area contributed by atoms with Gasteiger partial charge < -0.3 is 10.2 Å². The van der Waals surface area contributed by atoms with Crippen LogP contribution in [0.2, 0.25) is 0 Å². The average Bonchev–Trinajstić information content (AvgIpc) is 3.44. The smallest absolute Gasteiger partial charge is 0.385 e. The molecular formula is C26H26FeO2+2. The Bertz CT molecular complexity index is 637. The second kappa shape index (κ2) is 10.8. The molecule has 2 aromatic carbocycles. The topological polar surface area (TPSA) is 40.5 Å². The average molecular weight is 426 g/mol. The molecule has 2 N–H and O–H groups in total. The minimum Gasteiger partial charge on any atom is -0.385 e. The Morgan fingerprint density at radius 2 is 0.793 bits per heavy atom. The van der Waals surface area contributed by atoms with Gasteiger partial charge in [-0.25, -0.2) is 0 Å². The Labute approximate surface area is 187 Å². The Morgan fingerprint density at radius 3 is 1.07 bits per heavy atom. The molecule has 4 rings (SSSR count). The molecule has 0 spiro atoms. The van der Waals surface area contributed by atoms with E-state index in [1.165, 1.54) is 0 Å². The molecule has 148 valence electrons.